The van der Waals surface area contributed by atoms with Gasteiger partial charge in [-0.2, -0.15) is 0 Å². The molecule has 1 fully saturated rings. The molecule has 2 aromatic carbocycles. The van der Waals surface area contributed by atoms with Gasteiger partial charge in [0.05, 0.1) is 26.2 Å². The van der Waals surface area contributed by atoms with Crippen molar-refractivity contribution >= 4 is 21.9 Å². The Morgan fingerprint density at radius 1 is 1.11 bits per heavy atom. The molecule has 1 atom stereocenters. The number of likely N-dealkylation sites (tertiary alicyclic amines) is 1. The zero-order valence-electron chi connectivity index (χ0n) is 15.5. The van der Waals surface area contributed by atoms with E-state index in [9.17, 15) is 9.90 Å². The molecule has 0 aromatic heterocycles. The van der Waals surface area contributed by atoms with Gasteiger partial charge >= 0.3 is 5.97 Å². The number of rotatable bonds is 6. The van der Waals surface area contributed by atoms with Crippen molar-refractivity contribution in [2.24, 2.45) is 5.92 Å². The topological polar surface area (TPSA) is 59.0 Å². The molecular formula is C21H24BrNO4. The molecule has 5 nitrogen and oxygen atoms in total. The summed E-state index contributed by atoms with van der Waals surface area (Å²) in [5.41, 5.74) is 2.16. The lowest BCUT2D eigenvalue weighted by Gasteiger charge is -2.37. The highest BCUT2D eigenvalue weighted by Gasteiger charge is 2.31. The SMILES string of the molecule is COc1ccc(OC)c(C(c2ccc(Br)cc2)N2CCC(C(=O)O)CC2)c1. The molecule has 0 spiro atoms. The first-order chi connectivity index (χ1) is 13.0. The lowest BCUT2D eigenvalue weighted by molar-refractivity contribution is -0.143. The molecule has 1 saturated heterocycles. The molecule has 3 rings (SSSR count). The van der Waals surface area contributed by atoms with Gasteiger partial charge < -0.3 is 14.6 Å². The molecule has 0 amide bonds. The highest BCUT2D eigenvalue weighted by Crippen LogP contribution is 2.39. The number of nitrogens with zero attached hydrogens (tertiary/aromatic N) is 1. The van der Waals surface area contributed by atoms with Gasteiger partial charge in [-0.25, -0.2) is 0 Å². The van der Waals surface area contributed by atoms with Crippen LogP contribution in [0.25, 0.3) is 0 Å². The van der Waals surface area contributed by atoms with E-state index >= 15 is 0 Å². The van der Waals surface area contributed by atoms with Crippen LogP contribution in [0.1, 0.15) is 30.0 Å². The summed E-state index contributed by atoms with van der Waals surface area (Å²) in [7, 11) is 3.32. The fourth-order valence-corrected chi connectivity index (χ4v) is 3.95. The Hall–Kier alpha value is -2.05. The number of carboxylic acids is 1. The van der Waals surface area contributed by atoms with Crippen molar-refractivity contribution in [3.05, 3.63) is 58.1 Å². The number of benzene rings is 2. The molecule has 1 N–H and O–H groups in total. The van der Waals surface area contributed by atoms with E-state index in [0.29, 0.717) is 12.8 Å². The van der Waals surface area contributed by atoms with E-state index in [1.54, 1.807) is 14.2 Å². The van der Waals surface area contributed by atoms with Gasteiger partial charge in [-0.15, -0.1) is 0 Å². The van der Waals surface area contributed by atoms with Crippen molar-refractivity contribution in [1.29, 1.82) is 0 Å². The zero-order chi connectivity index (χ0) is 19.4. The maximum Gasteiger partial charge on any atom is 0.306 e. The molecule has 27 heavy (non-hydrogen) atoms. The van der Waals surface area contributed by atoms with Crippen molar-refractivity contribution < 1.29 is 19.4 Å². The summed E-state index contributed by atoms with van der Waals surface area (Å²) in [6.45, 7) is 1.44. The Morgan fingerprint density at radius 3 is 2.33 bits per heavy atom. The fraction of sp³-hybridized carbons (Fsp3) is 0.381. The van der Waals surface area contributed by atoms with Gasteiger partial charge in [0.15, 0.2) is 0 Å². The number of aliphatic carboxylic acids is 1. The van der Waals surface area contributed by atoms with Crippen LogP contribution in [0.5, 0.6) is 11.5 Å². The molecule has 1 aliphatic heterocycles. The van der Waals surface area contributed by atoms with Crippen molar-refractivity contribution in [2.75, 3.05) is 27.3 Å². The Bertz CT molecular complexity index is 785. The number of hydrogen-bond acceptors (Lipinski definition) is 4. The van der Waals surface area contributed by atoms with Gasteiger partial charge in [0.2, 0.25) is 0 Å². The number of piperidine rings is 1. The first kappa shape index (κ1) is 19.7. The van der Waals surface area contributed by atoms with Crippen LogP contribution in [0, 0.1) is 5.92 Å². The van der Waals surface area contributed by atoms with Crippen LogP contribution in [0.15, 0.2) is 46.9 Å². The zero-order valence-corrected chi connectivity index (χ0v) is 17.1. The molecular weight excluding hydrogens is 410 g/mol. The van der Waals surface area contributed by atoms with Crippen LogP contribution >= 0.6 is 15.9 Å². The minimum atomic E-state index is -0.700. The maximum absolute atomic E-state index is 11.3. The number of halogens is 1. The summed E-state index contributed by atoms with van der Waals surface area (Å²) in [5, 5.41) is 9.32. The number of ether oxygens (including phenoxy) is 2. The van der Waals surface area contributed by atoms with E-state index in [4.69, 9.17) is 9.47 Å². The third-order valence-corrected chi connectivity index (χ3v) is 5.69. The van der Waals surface area contributed by atoms with Crippen molar-refractivity contribution in [1.82, 2.24) is 4.90 Å². The third-order valence-electron chi connectivity index (χ3n) is 5.16. The summed E-state index contributed by atoms with van der Waals surface area (Å²) in [6, 6.07) is 14.0. The van der Waals surface area contributed by atoms with Gasteiger partial charge in [0, 0.05) is 10.0 Å². The summed E-state index contributed by atoms with van der Waals surface area (Å²) in [5.74, 6) is 0.602. The quantitative estimate of drug-likeness (QED) is 0.733. The third kappa shape index (κ3) is 4.45. The highest BCUT2D eigenvalue weighted by atomic mass is 79.9. The van der Waals surface area contributed by atoms with Crippen LogP contribution in [-0.2, 0) is 4.79 Å². The van der Waals surface area contributed by atoms with Gasteiger partial charge in [0.25, 0.3) is 0 Å². The summed E-state index contributed by atoms with van der Waals surface area (Å²) in [6.07, 6.45) is 1.29. The second kappa shape index (κ2) is 8.76. The smallest absolute Gasteiger partial charge is 0.306 e. The Kier molecular flexibility index (Phi) is 6.39. The van der Waals surface area contributed by atoms with Crippen molar-refractivity contribution in [3.8, 4) is 11.5 Å². The molecule has 1 heterocycles. The largest absolute Gasteiger partial charge is 0.497 e. The second-order valence-corrected chi connectivity index (χ2v) is 7.63. The monoisotopic (exact) mass is 433 g/mol. The average molecular weight is 434 g/mol. The molecule has 0 bridgehead atoms. The van der Waals surface area contributed by atoms with E-state index in [-0.39, 0.29) is 12.0 Å². The second-order valence-electron chi connectivity index (χ2n) is 6.71. The molecule has 0 aliphatic carbocycles. The van der Waals surface area contributed by atoms with E-state index in [2.05, 4.69) is 33.0 Å². The van der Waals surface area contributed by atoms with E-state index in [0.717, 1.165) is 40.2 Å². The number of carboxylic acid groups (broad SMARTS) is 1. The molecule has 0 radical (unpaired) electrons. The van der Waals surface area contributed by atoms with Crippen LogP contribution in [0.2, 0.25) is 0 Å². The predicted molar refractivity (Wildman–Crippen MR) is 107 cm³/mol. The van der Waals surface area contributed by atoms with Gasteiger partial charge in [-0.1, -0.05) is 28.1 Å². The molecule has 6 heteroatoms. The Labute approximate surface area is 168 Å². The molecule has 144 valence electrons. The van der Waals surface area contributed by atoms with Crippen molar-refractivity contribution in [3.63, 3.8) is 0 Å². The summed E-state index contributed by atoms with van der Waals surface area (Å²) < 4.78 is 12.1. The Balaban J connectivity index is 2.01. The van der Waals surface area contributed by atoms with E-state index in [1.807, 2.05) is 30.3 Å². The standard InChI is InChI=1S/C21H24BrNO4/c1-26-17-7-8-19(27-2)18(13-17)20(14-3-5-16(22)6-4-14)23-11-9-15(10-12-23)21(24)25/h3-8,13,15,20H,9-12H2,1-2H3,(H,24,25). The van der Waals surface area contributed by atoms with Crippen LogP contribution in [0.3, 0.4) is 0 Å². The normalized spacial score (nSPS) is 16.7. The lowest BCUT2D eigenvalue weighted by Crippen LogP contribution is -2.39. The first-order valence-electron chi connectivity index (χ1n) is 8.97. The van der Waals surface area contributed by atoms with Crippen LogP contribution in [-0.4, -0.2) is 43.3 Å². The van der Waals surface area contributed by atoms with E-state index < -0.39 is 5.97 Å². The lowest BCUT2D eigenvalue weighted by atomic mass is 9.91. The predicted octanol–water partition coefficient (Wildman–Crippen LogP) is 4.35. The van der Waals surface area contributed by atoms with Crippen molar-refractivity contribution in [2.45, 2.75) is 18.9 Å². The minimum absolute atomic E-state index is 0.0297. The number of carbonyl (C=O) groups is 1. The summed E-state index contributed by atoms with van der Waals surface area (Å²) in [4.78, 5) is 13.7. The average Bonchev–Trinajstić information content (AvgIpc) is 2.70. The highest BCUT2D eigenvalue weighted by molar-refractivity contribution is 9.10. The van der Waals surface area contributed by atoms with Gasteiger partial charge in [-0.3, -0.25) is 9.69 Å². The van der Waals surface area contributed by atoms with Gasteiger partial charge in [-0.05, 0) is 61.8 Å². The number of hydrogen-bond donors (Lipinski definition) is 1. The molecule has 2 aromatic rings. The maximum atomic E-state index is 11.3. The number of methoxy groups -OCH3 is 2. The van der Waals surface area contributed by atoms with Crippen LogP contribution < -0.4 is 9.47 Å². The first-order valence-corrected chi connectivity index (χ1v) is 9.77. The molecule has 1 unspecified atom stereocenters. The molecule has 0 saturated carbocycles. The minimum Gasteiger partial charge on any atom is -0.497 e. The Morgan fingerprint density at radius 2 is 1.78 bits per heavy atom. The van der Waals surface area contributed by atoms with Crippen LogP contribution in [0.4, 0.5) is 0 Å². The fourth-order valence-electron chi connectivity index (χ4n) is 3.69. The molecule has 1 aliphatic rings. The summed E-state index contributed by atoms with van der Waals surface area (Å²) >= 11 is 3.50. The van der Waals surface area contributed by atoms with E-state index in [1.165, 1.54) is 0 Å². The van der Waals surface area contributed by atoms with Gasteiger partial charge in [0.1, 0.15) is 11.5 Å².